The number of hydrogen-bond acceptors (Lipinski definition) is 4. The second-order valence-electron chi connectivity index (χ2n) is 6.06. The predicted molar refractivity (Wildman–Crippen MR) is 98.7 cm³/mol. The van der Waals surface area contributed by atoms with E-state index in [9.17, 15) is 15.0 Å². The van der Waals surface area contributed by atoms with Crippen molar-refractivity contribution in [1.82, 2.24) is 5.43 Å². The van der Waals surface area contributed by atoms with Gasteiger partial charge in [0.2, 0.25) is 0 Å². The fraction of sp³-hybridized carbons (Fsp3) is 0.0476. The molecule has 5 nitrogen and oxygen atoms in total. The third kappa shape index (κ3) is 2.37. The average Bonchev–Trinajstić information content (AvgIpc) is 2.94. The molecule has 0 radical (unpaired) electrons. The molecule has 26 heavy (non-hydrogen) atoms. The number of benzene rings is 3. The first-order valence-electron chi connectivity index (χ1n) is 8.15. The number of para-hydroxylation sites is 1. The van der Waals surface area contributed by atoms with E-state index in [0.717, 1.165) is 11.1 Å². The highest BCUT2D eigenvalue weighted by Gasteiger charge is 2.47. The number of phenolic OH excluding ortho intramolecular Hbond substituents is 1. The van der Waals surface area contributed by atoms with Crippen LogP contribution in [0, 0.1) is 0 Å². The zero-order valence-electron chi connectivity index (χ0n) is 13.8. The highest BCUT2D eigenvalue weighted by molar-refractivity contribution is 5.99. The minimum atomic E-state index is -1.82. The van der Waals surface area contributed by atoms with Gasteiger partial charge in [0.1, 0.15) is 5.75 Å². The largest absolute Gasteiger partial charge is 0.507 e. The van der Waals surface area contributed by atoms with Crippen LogP contribution in [0.15, 0.2) is 77.9 Å². The Kier molecular flexibility index (Phi) is 3.78. The van der Waals surface area contributed by atoms with Gasteiger partial charge >= 0.3 is 0 Å². The minimum absolute atomic E-state index is 0.0563. The quantitative estimate of drug-likeness (QED) is 0.505. The molecule has 0 aromatic heterocycles. The highest BCUT2D eigenvalue weighted by atomic mass is 16.3. The van der Waals surface area contributed by atoms with Crippen LogP contribution in [-0.4, -0.2) is 22.3 Å². The SMILES string of the molecule is O=C(NN=Cc1ccccc1O)C1(O)c2ccccc2-c2ccccc21. The number of carbonyl (C=O) groups is 1. The van der Waals surface area contributed by atoms with E-state index in [4.69, 9.17) is 0 Å². The van der Waals surface area contributed by atoms with E-state index >= 15 is 0 Å². The van der Waals surface area contributed by atoms with Crippen molar-refractivity contribution >= 4 is 12.1 Å². The summed E-state index contributed by atoms with van der Waals surface area (Å²) in [5, 5.41) is 24.9. The first-order chi connectivity index (χ1) is 12.6. The van der Waals surface area contributed by atoms with Gasteiger partial charge in [0, 0.05) is 16.7 Å². The Morgan fingerprint density at radius 2 is 1.42 bits per heavy atom. The standard InChI is InChI=1S/C21H16N2O3/c24-19-12-6-1-7-14(19)13-22-23-20(25)21(26)17-10-4-2-8-15(17)16-9-3-5-11-18(16)21/h1-13,24,26H,(H,23,25). The third-order valence-electron chi connectivity index (χ3n) is 4.56. The molecular formula is C21H16N2O3. The zero-order valence-corrected chi connectivity index (χ0v) is 13.8. The summed E-state index contributed by atoms with van der Waals surface area (Å²) in [6, 6.07) is 21.2. The fourth-order valence-electron chi connectivity index (χ4n) is 3.29. The van der Waals surface area contributed by atoms with Crippen molar-refractivity contribution < 1.29 is 15.0 Å². The van der Waals surface area contributed by atoms with Crippen LogP contribution in [0.3, 0.4) is 0 Å². The summed E-state index contributed by atoms with van der Waals surface area (Å²) in [5.41, 5.74) is 3.74. The van der Waals surface area contributed by atoms with Gasteiger partial charge in [-0.1, -0.05) is 60.7 Å². The van der Waals surface area contributed by atoms with E-state index in [1.54, 1.807) is 42.5 Å². The van der Waals surface area contributed by atoms with Gasteiger partial charge in [0.15, 0.2) is 5.60 Å². The summed E-state index contributed by atoms with van der Waals surface area (Å²) in [6.07, 6.45) is 1.34. The lowest BCUT2D eigenvalue weighted by molar-refractivity contribution is -0.136. The molecule has 0 unspecified atom stereocenters. The topological polar surface area (TPSA) is 81.9 Å². The van der Waals surface area contributed by atoms with Crippen molar-refractivity contribution in [2.75, 3.05) is 0 Å². The van der Waals surface area contributed by atoms with Gasteiger partial charge in [-0.2, -0.15) is 5.10 Å². The van der Waals surface area contributed by atoms with Gasteiger partial charge in [0.05, 0.1) is 6.21 Å². The molecule has 3 aromatic rings. The number of fused-ring (bicyclic) bond motifs is 3. The maximum atomic E-state index is 12.8. The van der Waals surface area contributed by atoms with Crippen molar-refractivity contribution in [3.63, 3.8) is 0 Å². The first kappa shape index (κ1) is 16.1. The number of aromatic hydroxyl groups is 1. The van der Waals surface area contributed by atoms with Crippen molar-refractivity contribution in [2.24, 2.45) is 5.10 Å². The van der Waals surface area contributed by atoms with Crippen LogP contribution < -0.4 is 5.43 Å². The van der Waals surface area contributed by atoms with Crippen LogP contribution in [0.2, 0.25) is 0 Å². The van der Waals surface area contributed by atoms with Gasteiger partial charge in [-0.15, -0.1) is 0 Å². The number of nitrogens with zero attached hydrogens (tertiary/aromatic N) is 1. The van der Waals surface area contributed by atoms with E-state index < -0.39 is 11.5 Å². The molecule has 3 aromatic carbocycles. The lowest BCUT2D eigenvalue weighted by Gasteiger charge is -2.23. The molecule has 0 aliphatic heterocycles. The number of amides is 1. The summed E-state index contributed by atoms with van der Waals surface area (Å²) < 4.78 is 0. The smallest absolute Gasteiger partial charge is 0.281 e. The predicted octanol–water partition coefficient (Wildman–Crippen LogP) is 2.76. The van der Waals surface area contributed by atoms with Gasteiger partial charge in [-0.25, -0.2) is 5.43 Å². The highest BCUT2D eigenvalue weighted by Crippen LogP contribution is 2.47. The number of hydrazone groups is 1. The molecule has 0 bridgehead atoms. The monoisotopic (exact) mass is 344 g/mol. The fourth-order valence-corrected chi connectivity index (χ4v) is 3.29. The lowest BCUT2D eigenvalue weighted by atomic mass is 9.91. The van der Waals surface area contributed by atoms with Gasteiger partial charge in [-0.05, 0) is 23.3 Å². The Morgan fingerprint density at radius 1 is 0.885 bits per heavy atom. The minimum Gasteiger partial charge on any atom is -0.507 e. The molecule has 5 heteroatoms. The molecule has 0 atom stereocenters. The normalized spacial score (nSPS) is 14.0. The molecular weight excluding hydrogens is 328 g/mol. The van der Waals surface area contributed by atoms with Crippen LogP contribution in [0.25, 0.3) is 11.1 Å². The molecule has 0 heterocycles. The second-order valence-corrected chi connectivity index (χ2v) is 6.06. The molecule has 1 aliphatic carbocycles. The number of hydrogen-bond donors (Lipinski definition) is 3. The first-order valence-corrected chi connectivity index (χ1v) is 8.15. The molecule has 0 saturated carbocycles. The van der Waals surface area contributed by atoms with E-state index in [0.29, 0.717) is 16.7 Å². The van der Waals surface area contributed by atoms with Gasteiger partial charge < -0.3 is 10.2 Å². The molecule has 1 amide bonds. The van der Waals surface area contributed by atoms with Gasteiger partial charge in [0.25, 0.3) is 5.91 Å². The van der Waals surface area contributed by atoms with Crippen molar-refractivity contribution in [2.45, 2.75) is 5.60 Å². The number of aliphatic hydroxyl groups is 1. The van der Waals surface area contributed by atoms with Crippen molar-refractivity contribution in [1.29, 1.82) is 0 Å². The third-order valence-corrected chi connectivity index (χ3v) is 4.56. The van der Waals surface area contributed by atoms with Gasteiger partial charge in [-0.3, -0.25) is 4.79 Å². The summed E-state index contributed by atoms with van der Waals surface area (Å²) >= 11 is 0. The van der Waals surface area contributed by atoms with Crippen LogP contribution in [-0.2, 0) is 10.4 Å². The number of phenols is 1. The van der Waals surface area contributed by atoms with Crippen molar-refractivity contribution in [3.8, 4) is 16.9 Å². The van der Waals surface area contributed by atoms with E-state index in [2.05, 4.69) is 10.5 Å². The van der Waals surface area contributed by atoms with E-state index in [-0.39, 0.29) is 5.75 Å². The average molecular weight is 344 g/mol. The van der Waals surface area contributed by atoms with Crippen LogP contribution in [0.4, 0.5) is 0 Å². The molecule has 4 rings (SSSR count). The maximum absolute atomic E-state index is 12.8. The number of rotatable bonds is 3. The summed E-state index contributed by atoms with van der Waals surface area (Å²) in [4.78, 5) is 12.8. The van der Waals surface area contributed by atoms with Crippen molar-refractivity contribution in [3.05, 3.63) is 89.5 Å². The van der Waals surface area contributed by atoms with Crippen LogP contribution in [0.5, 0.6) is 5.75 Å². The number of carbonyl (C=O) groups excluding carboxylic acids is 1. The van der Waals surface area contributed by atoms with E-state index in [1.807, 2.05) is 24.3 Å². The second kappa shape index (κ2) is 6.13. The molecule has 1 aliphatic rings. The van der Waals surface area contributed by atoms with Crippen LogP contribution >= 0.6 is 0 Å². The van der Waals surface area contributed by atoms with E-state index in [1.165, 1.54) is 12.3 Å². The summed E-state index contributed by atoms with van der Waals surface area (Å²) in [5.74, 6) is -0.595. The maximum Gasteiger partial charge on any atom is 0.281 e. The lowest BCUT2D eigenvalue weighted by Crippen LogP contribution is -2.42. The molecule has 3 N–H and O–H groups in total. The molecule has 0 spiro atoms. The van der Waals surface area contributed by atoms with Crippen LogP contribution in [0.1, 0.15) is 16.7 Å². The Balaban J connectivity index is 1.68. The Bertz CT molecular complexity index is 982. The zero-order chi connectivity index (χ0) is 18.1. The molecule has 0 fully saturated rings. The number of nitrogens with one attached hydrogen (secondary N) is 1. The summed E-state index contributed by atoms with van der Waals surface area (Å²) in [7, 11) is 0. The molecule has 128 valence electrons. The summed E-state index contributed by atoms with van der Waals surface area (Å²) in [6.45, 7) is 0. The molecule has 0 saturated heterocycles. The Labute approximate surface area is 150 Å². The Morgan fingerprint density at radius 3 is 2.04 bits per heavy atom. The Hall–Kier alpha value is -3.44.